The van der Waals surface area contributed by atoms with Crippen LogP contribution in [0.3, 0.4) is 0 Å². The van der Waals surface area contributed by atoms with Crippen LogP contribution in [0.4, 0.5) is 13.2 Å². The quantitative estimate of drug-likeness (QED) is 0.770. The molecular formula is C18H22F3NO4. The summed E-state index contributed by atoms with van der Waals surface area (Å²) in [5, 5.41) is 9.14. The van der Waals surface area contributed by atoms with Gasteiger partial charge in [-0.25, -0.2) is 0 Å². The molecule has 0 unspecified atom stereocenters. The van der Waals surface area contributed by atoms with E-state index in [1.54, 1.807) is 6.92 Å². The first-order valence-corrected chi connectivity index (χ1v) is 8.35. The van der Waals surface area contributed by atoms with Crippen LogP contribution in [0.1, 0.15) is 36.8 Å². The predicted molar refractivity (Wildman–Crippen MR) is 87.8 cm³/mol. The summed E-state index contributed by atoms with van der Waals surface area (Å²) in [6.07, 6.45) is -2.70. The maximum Gasteiger partial charge on any atom is 0.416 e. The van der Waals surface area contributed by atoms with E-state index in [4.69, 9.17) is 20.3 Å². The molecule has 1 heterocycles. The zero-order valence-corrected chi connectivity index (χ0v) is 14.3. The minimum Gasteiger partial charge on any atom is -0.459 e. The van der Waals surface area contributed by atoms with E-state index in [9.17, 15) is 18.0 Å². The van der Waals surface area contributed by atoms with Gasteiger partial charge in [-0.2, -0.15) is 13.2 Å². The second-order valence-corrected chi connectivity index (χ2v) is 6.01. The Labute approximate surface area is 149 Å². The Bertz CT molecular complexity index is 643. The van der Waals surface area contributed by atoms with Gasteiger partial charge in [0.1, 0.15) is 0 Å². The molecule has 0 aromatic heterocycles. The Morgan fingerprint density at radius 3 is 2.46 bits per heavy atom. The first kappa shape index (κ1) is 20.3. The molecule has 3 N–H and O–H groups in total. The van der Waals surface area contributed by atoms with Crippen LogP contribution in [0.2, 0.25) is 0 Å². The summed E-state index contributed by atoms with van der Waals surface area (Å²) >= 11 is 0. The van der Waals surface area contributed by atoms with Crippen LogP contribution in [0.25, 0.3) is 0 Å². The average Bonchev–Trinajstić information content (AvgIpc) is 2.59. The number of hydrogen-bond acceptors (Lipinski definition) is 4. The Morgan fingerprint density at radius 1 is 1.31 bits per heavy atom. The number of carbonyl (C=O) groups excluding carboxylic acids is 1. The zero-order chi connectivity index (χ0) is 19.3. The highest BCUT2D eigenvalue weighted by atomic mass is 19.4. The molecule has 26 heavy (non-hydrogen) atoms. The number of amides is 1. The van der Waals surface area contributed by atoms with Crippen LogP contribution in [-0.2, 0) is 20.4 Å². The molecule has 0 fully saturated rings. The Morgan fingerprint density at radius 2 is 1.96 bits per heavy atom. The molecule has 1 aromatic carbocycles. The van der Waals surface area contributed by atoms with Gasteiger partial charge in [0.05, 0.1) is 5.56 Å². The van der Waals surface area contributed by atoms with E-state index in [1.165, 1.54) is 18.2 Å². The van der Waals surface area contributed by atoms with Crippen molar-refractivity contribution in [1.29, 1.82) is 0 Å². The third kappa shape index (κ3) is 4.76. The van der Waals surface area contributed by atoms with Crippen LogP contribution in [-0.4, -0.2) is 30.5 Å². The van der Waals surface area contributed by atoms with Crippen molar-refractivity contribution in [1.82, 2.24) is 0 Å². The first-order valence-electron chi connectivity index (χ1n) is 8.35. The van der Waals surface area contributed by atoms with Gasteiger partial charge in [-0.1, -0.05) is 12.1 Å². The Hall–Kier alpha value is -2.06. The van der Waals surface area contributed by atoms with Gasteiger partial charge in [0.15, 0.2) is 5.76 Å². The monoisotopic (exact) mass is 373 g/mol. The lowest BCUT2D eigenvalue weighted by molar-refractivity contribution is -0.165. The molecule has 5 nitrogen and oxygen atoms in total. The average molecular weight is 373 g/mol. The molecule has 1 amide bonds. The topological polar surface area (TPSA) is 81.8 Å². The van der Waals surface area contributed by atoms with E-state index in [2.05, 4.69) is 0 Å². The highest BCUT2D eigenvalue weighted by Gasteiger charge is 2.38. The number of nitrogens with two attached hydrogens (primary N) is 1. The molecule has 0 spiro atoms. The van der Waals surface area contributed by atoms with Gasteiger partial charge in [0.25, 0.3) is 5.91 Å². The summed E-state index contributed by atoms with van der Waals surface area (Å²) in [6.45, 7) is 2.05. The second kappa shape index (κ2) is 8.55. The second-order valence-electron chi connectivity index (χ2n) is 6.01. The van der Waals surface area contributed by atoms with Gasteiger partial charge < -0.3 is 20.3 Å². The molecule has 1 aliphatic rings. The smallest absolute Gasteiger partial charge is 0.416 e. The molecule has 0 radical (unpaired) electrons. The van der Waals surface area contributed by atoms with E-state index in [0.29, 0.717) is 25.0 Å². The Kier molecular flexibility index (Phi) is 6.66. The summed E-state index contributed by atoms with van der Waals surface area (Å²) in [4.78, 5) is 11.6. The number of primary amides is 1. The number of hydrogen-bond donors (Lipinski definition) is 2. The van der Waals surface area contributed by atoms with Crippen molar-refractivity contribution in [3.8, 4) is 0 Å². The van der Waals surface area contributed by atoms with E-state index in [1.807, 2.05) is 0 Å². The number of alkyl halides is 3. The van der Waals surface area contributed by atoms with Gasteiger partial charge in [0.2, 0.25) is 6.29 Å². The fourth-order valence-electron chi connectivity index (χ4n) is 3.05. The third-order valence-corrected chi connectivity index (χ3v) is 4.28. The number of carbonyl (C=O) groups is 1. The molecule has 0 saturated carbocycles. The summed E-state index contributed by atoms with van der Waals surface area (Å²) in [5.41, 5.74) is 5.16. The SMILES string of the molecule is CCO[C@H]1OC(C(N)=O)=C[C@@H](c2ccc(C(F)(F)F)cc2)[C@@H]1CCCO. The molecule has 2 rings (SSSR count). The molecule has 0 aliphatic carbocycles. The zero-order valence-electron chi connectivity index (χ0n) is 14.3. The number of ether oxygens (including phenoxy) is 2. The molecule has 3 atom stereocenters. The summed E-state index contributed by atoms with van der Waals surface area (Å²) in [6, 6.07) is 4.76. The van der Waals surface area contributed by atoms with Crippen molar-refractivity contribution in [2.45, 2.75) is 38.1 Å². The van der Waals surface area contributed by atoms with Crippen molar-refractivity contribution in [2.75, 3.05) is 13.2 Å². The van der Waals surface area contributed by atoms with Crippen molar-refractivity contribution in [2.24, 2.45) is 11.7 Å². The fourth-order valence-corrected chi connectivity index (χ4v) is 3.05. The van der Waals surface area contributed by atoms with Crippen LogP contribution in [0, 0.1) is 5.92 Å². The number of aliphatic hydroxyl groups excluding tert-OH is 1. The summed E-state index contributed by atoms with van der Waals surface area (Å²) in [7, 11) is 0. The van der Waals surface area contributed by atoms with Crippen molar-refractivity contribution < 1.29 is 32.5 Å². The molecular weight excluding hydrogens is 351 g/mol. The normalized spacial score (nSPS) is 23.3. The lowest BCUT2D eigenvalue weighted by Gasteiger charge is -2.36. The lowest BCUT2D eigenvalue weighted by atomic mass is 9.80. The third-order valence-electron chi connectivity index (χ3n) is 4.28. The van der Waals surface area contributed by atoms with Crippen LogP contribution in [0.5, 0.6) is 0 Å². The van der Waals surface area contributed by atoms with Gasteiger partial charge >= 0.3 is 6.18 Å². The standard InChI is InChI=1S/C18H22F3NO4/c1-2-25-17-13(4-3-9-23)14(10-15(26-17)16(22)24)11-5-7-12(8-6-11)18(19,20)21/h5-8,10,13-14,17,23H,2-4,9H2,1H3,(H2,22,24)/t13-,14-,17-/m0/s1. The molecule has 144 valence electrons. The fraction of sp³-hybridized carbons (Fsp3) is 0.500. The van der Waals surface area contributed by atoms with Gasteiger partial charge in [-0.15, -0.1) is 0 Å². The predicted octanol–water partition coefficient (Wildman–Crippen LogP) is 2.94. The van der Waals surface area contributed by atoms with E-state index >= 15 is 0 Å². The van der Waals surface area contributed by atoms with E-state index in [-0.39, 0.29) is 18.3 Å². The molecule has 1 aliphatic heterocycles. The number of aliphatic hydroxyl groups is 1. The maximum absolute atomic E-state index is 12.8. The van der Waals surface area contributed by atoms with Gasteiger partial charge in [-0.05, 0) is 43.5 Å². The summed E-state index contributed by atoms with van der Waals surface area (Å²) < 4.78 is 49.5. The largest absolute Gasteiger partial charge is 0.459 e. The lowest BCUT2D eigenvalue weighted by Crippen LogP contribution is -2.37. The Balaban J connectivity index is 2.40. The maximum atomic E-state index is 12.8. The van der Waals surface area contributed by atoms with E-state index in [0.717, 1.165) is 12.1 Å². The van der Waals surface area contributed by atoms with Crippen LogP contribution in [0.15, 0.2) is 36.1 Å². The van der Waals surface area contributed by atoms with Crippen LogP contribution >= 0.6 is 0 Å². The molecule has 0 saturated heterocycles. The van der Waals surface area contributed by atoms with Gasteiger partial charge in [0, 0.05) is 25.0 Å². The van der Waals surface area contributed by atoms with Crippen molar-refractivity contribution >= 4 is 5.91 Å². The van der Waals surface area contributed by atoms with Crippen molar-refractivity contribution in [3.05, 3.63) is 47.2 Å². The number of rotatable bonds is 7. The van der Waals surface area contributed by atoms with Crippen LogP contribution < -0.4 is 5.73 Å². The number of allylic oxidation sites excluding steroid dienone is 1. The highest BCUT2D eigenvalue weighted by molar-refractivity contribution is 5.90. The molecule has 1 aromatic rings. The number of benzene rings is 1. The van der Waals surface area contributed by atoms with Gasteiger partial charge in [-0.3, -0.25) is 4.79 Å². The minimum absolute atomic E-state index is 0.0402. The minimum atomic E-state index is -4.42. The number of halogens is 3. The molecule has 8 heteroatoms. The highest BCUT2D eigenvalue weighted by Crippen LogP contribution is 2.40. The van der Waals surface area contributed by atoms with E-state index < -0.39 is 29.9 Å². The van der Waals surface area contributed by atoms with Crippen molar-refractivity contribution in [3.63, 3.8) is 0 Å². The summed E-state index contributed by atoms with van der Waals surface area (Å²) in [5.74, 6) is -1.54. The molecule has 0 bridgehead atoms. The first-order chi connectivity index (χ1) is 12.3.